The Labute approximate surface area is 123 Å². The monoisotopic (exact) mass is 307 g/mol. The molecule has 1 aliphatic rings. The second-order valence-corrected chi connectivity index (χ2v) is 6.71. The van der Waals surface area contributed by atoms with E-state index in [0.717, 1.165) is 18.5 Å². The molecule has 3 N–H and O–H groups in total. The van der Waals surface area contributed by atoms with Crippen LogP contribution in [0.4, 0.5) is 5.82 Å². The van der Waals surface area contributed by atoms with Crippen molar-refractivity contribution in [3.63, 3.8) is 0 Å². The molecule has 0 unspecified atom stereocenters. The SMILES string of the molecule is Cc1[nH]nc(S(=O)(=O)Nc2ccccn2)c1CNC1CC1. The summed E-state index contributed by atoms with van der Waals surface area (Å²) in [4.78, 5) is 3.97. The predicted octanol–water partition coefficient (Wildman–Crippen LogP) is 1.17. The molecule has 0 bridgehead atoms. The lowest BCUT2D eigenvalue weighted by Crippen LogP contribution is -2.20. The molecule has 0 aromatic carbocycles. The van der Waals surface area contributed by atoms with Gasteiger partial charge in [-0.3, -0.25) is 9.82 Å². The van der Waals surface area contributed by atoms with Crippen molar-refractivity contribution < 1.29 is 8.42 Å². The lowest BCUT2D eigenvalue weighted by Gasteiger charge is -2.08. The van der Waals surface area contributed by atoms with Gasteiger partial charge in [0.25, 0.3) is 10.0 Å². The lowest BCUT2D eigenvalue weighted by molar-refractivity contribution is 0.593. The fourth-order valence-electron chi connectivity index (χ4n) is 2.00. The van der Waals surface area contributed by atoms with Gasteiger partial charge < -0.3 is 5.32 Å². The Balaban J connectivity index is 1.84. The first-order valence-corrected chi connectivity index (χ1v) is 8.25. The molecule has 0 spiro atoms. The third-order valence-corrected chi connectivity index (χ3v) is 4.66. The molecular formula is C13H17N5O2S. The van der Waals surface area contributed by atoms with Crippen molar-refractivity contribution in [2.24, 2.45) is 0 Å². The third kappa shape index (κ3) is 3.22. The third-order valence-electron chi connectivity index (χ3n) is 3.34. The molecule has 2 aromatic rings. The van der Waals surface area contributed by atoms with E-state index >= 15 is 0 Å². The van der Waals surface area contributed by atoms with Crippen molar-refractivity contribution >= 4 is 15.8 Å². The van der Waals surface area contributed by atoms with Gasteiger partial charge in [0, 0.05) is 30.0 Å². The first-order valence-electron chi connectivity index (χ1n) is 6.77. The van der Waals surface area contributed by atoms with Gasteiger partial charge in [-0.1, -0.05) is 6.07 Å². The molecule has 7 nitrogen and oxygen atoms in total. The molecular weight excluding hydrogens is 290 g/mol. The minimum atomic E-state index is -3.75. The molecule has 0 saturated heterocycles. The number of nitrogens with zero attached hydrogens (tertiary/aromatic N) is 2. The van der Waals surface area contributed by atoms with Crippen molar-refractivity contribution in [2.45, 2.75) is 37.4 Å². The number of hydrogen-bond donors (Lipinski definition) is 3. The number of aryl methyl sites for hydroxylation is 1. The van der Waals surface area contributed by atoms with Crippen LogP contribution >= 0.6 is 0 Å². The Morgan fingerprint density at radius 3 is 2.86 bits per heavy atom. The number of anilines is 1. The second-order valence-electron chi connectivity index (χ2n) is 5.11. The second kappa shape index (κ2) is 5.45. The van der Waals surface area contributed by atoms with Crippen LogP contribution in [0.25, 0.3) is 0 Å². The van der Waals surface area contributed by atoms with E-state index < -0.39 is 10.0 Å². The van der Waals surface area contributed by atoms with Gasteiger partial charge in [0.05, 0.1) is 0 Å². The average molecular weight is 307 g/mol. The van der Waals surface area contributed by atoms with E-state index in [1.54, 1.807) is 18.2 Å². The number of aromatic amines is 1. The number of H-pyrrole nitrogens is 1. The van der Waals surface area contributed by atoms with Crippen LogP contribution in [0.5, 0.6) is 0 Å². The zero-order valence-corrected chi connectivity index (χ0v) is 12.4. The summed E-state index contributed by atoms with van der Waals surface area (Å²) in [6.45, 7) is 2.31. The first kappa shape index (κ1) is 14.0. The molecule has 8 heteroatoms. The molecule has 0 amide bonds. The number of sulfonamides is 1. The summed E-state index contributed by atoms with van der Waals surface area (Å²) in [7, 11) is -3.75. The van der Waals surface area contributed by atoms with E-state index in [1.165, 1.54) is 6.20 Å². The quantitative estimate of drug-likeness (QED) is 0.744. The van der Waals surface area contributed by atoms with E-state index in [4.69, 9.17) is 0 Å². The van der Waals surface area contributed by atoms with E-state index in [1.807, 2.05) is 6.92 Å². The summed E-state index contributed by atoms with van der Waals surface area (Å²) in [6, 6.07) is 5.54. The maximum absolute atomic E-state index is 12.4. The van der Waals surface area contributed by atoms with Crippen LogP contribution < -0.4 is 10.0 Å². The lowest BCUT2D eigenvalue weighted by atomic mass is 10.2. The molecule has 1 aliphatic carbocycles. The molecule has 21 heavy (non-hydrogen) atoms. The van der Waals surface area contributed by atoms with Crippen molar-refractivity contribution in [1.29, 1.82) is 0 Å². The number of nitrogens with one attached hydrogen (secondary N) is 3. The maximum atomic E-state index is 12.4. The average Bonchev–Trinajstić information content (AvgIpc) is 3.20. The molecule has 2 heterocycles. The van der Waals surface area contributed by atoms with Gasteiger partial charge in [0.2, 0.25) is 5.03 Å². The fraction of sp³-hybridized carbons (Fsp3) is 0.385. The van der Waals surface area contributed by atoms with Gasteiger partial charge in [0.1, 0.15) is 5.82 Å². The fourth-order valence-corrected chi connectivity index (χ4v) is 3.21. The van der Waals surface area contributed by atoms with Crippen molar-refractivity contribution in [3.05, 3.63) is 35.7 Å². The van der Waals surface area contributed by atoms with E-state index in [0.29, 0.717) is 18.2 Å². The highest BCUT2D eigenvalue weighted by Gasteiger charge is 2.26. The van der Waals surface area contributed by atoms with Crippen LogP contribution in [0.2, 0.25) is 0 Å². The van der Waals surface area contributed by atoms with E-state index in [2.05, 4.69) is 25.2 Å². The van der Waals surface area contributed by atoms with Crippen molar-refractivity contribution in [3.8, 4) is 0 Å². The highest BCUT2D eigenvalue weighted by molar-refractivity contribution is 7.92. The zero-order chi connectivity index (χ0) is 14.9. The highest BCUT2D eigenvalue weighted by atomic mass is 32.2. The van der Waals surface area contributed by atoms with Crippen LogP contribution in [0.3, 0.4) is 0 Å². The Hall–Kier alpha value is -1.93. The zero-order valence-electron chi connectivity index (χ0n) is 11.6. The molecule has 112 valence electrons. The molecule has 1 saturated carbocycles. The first-order chi connectivity index (χ1) is 10.1. The summed E-state index contributed by atoms with van der Waals surface area (Å²) >= 11 is 0. The van der Waals surface area contributed by atoms with Gasteiger partial charge >= 0.3 is 0 Å². The van der Waals surface area contributed by atoms with Gasteiger partial charge in [0.15, 0.2) is 0 Å². The summed E-state index contributed by atoms with van der Waals surface area (Å²) in [5, 5.41) is 10.0. The van der Waals surface area contributed by atoms with Crippen LogP contribution in [0.15, 0.2) is 29.4 Å². The van der Waals surface area contributed by atoms with E-state index in [-0.39, 0.29) is 10.8 Å². The summed E-state index contributed by atoms with van der Waals surface area (Å²) in [6.07, 6.45) is 3.82. The summed E-state index contributed by atoms with van der Waals surface area (Å²) in [5.74, 6) is 0.277. The van der Waals surface area contributed by atoms with Crippen LogP contribution in [-0.4, -0.2) is 29.6 Å². The molecule has 0 aliphatic heterocycles. The largest absolute Gasteiger partial charge is 0.310 e. The maximum Gasteiger partial charge on any atom is 0.282 e. The molecule has 3 rings (SSSR count). The Morgan fingerprint density at radius 1 is 1.38 bits per heavy atom. The standard InChI is InChI=1S/C13H17N5O2S/c1-9-11(8-15-10-5-6-10)13(17-16-9)21(19,20)18-12-4-2-3-7-14-12/h2-4,7,10,15H,5-6,8H2,1H3,(H,14,18)(H,16,17). The van der Waals surface area contributed by atoms with Gasteiger partial charge in [-0.2, -0.15) is 13.5 Å². The minimum absolute atomic E-state index is 0.0267. The normalized spacial score (nSPS) is 15.1. The summed E-state index contributed by atoms with van der Waals surface area (Å²) in [5.41, 5.74) is 1.43. The van der Waals surface area contributed by atoms with Crippen LogP contribution in [-0.2, 0) is 16.6 Å². The Bertz CT molecular complexity index is 722. The smallest absolute Gasteiger partial charge is 0.282 e. The van der Waals surface area contributed by atoms with Crippen LogP contribution in [0, 0.1) is 6.92 Å². The Morgan fingerprint density at radius 2 is 2.19 bits per heavy atom. The molecule has 1 fully saturated rings. The van der Waals surface area contributed by atoms with E-state index in [9.17, 15) is 8.42 Å². The number of rotatable bonds is 6. The predicted molar refractivity (Wildman–Crippen MR) is 78.2 cm³/mol. The number of hydrogen-bond acceptors (Lipinski definition) is 5. The number of aromatic nitrogens is 3. The summed E-state index contributed by atoms with van der Waals surface area (Å²) < 4.78 is 27.3. The van der Waals surface area contributed by atoms with Crippen molar-refractivity contribution in [1.82, 2.24) is 20.5 Å². The Kier molecular flexibility index (Phi) is 3.64. The minimum Gasteiger partial charge on any atom is -0.310 e. The molecule has 0 atom stereocenters. The van der Waals surface area contributed by atoms with Crippen molar-refractivity contribution in [2.75, 3.05) is 4.72 Å². The van der Waals surface area contributed by atoms with Gasteiger partial charge in [-0.25, -0.2) is 4.98 Å². The van der Waals surface area contributed by atoms with Gasteiger partial charge in [-0.05, 0) is 31.9 Å². The number of pyridine rings is 1. The van der Waals surface area contributed by atoms with Crippen LogP contribution in [0.1, 0.15) is 24.1 Å². The highest BCUT2D eigenvalue weighted by Crippen LogP contribution is 2.22. The molecule has 2 aromatic heterocycles. The van der Waals surface area contributed by atoms with Gasteiger partial charge in [-0.15, -0.1) is 0 Å². The topological polar surface area (TPSA) is 99.8 Å². The molecule has 0 radical (unpaired) electrons.